The molecule has 84 valence electrons. The molecule has 0 spiro atoms. The first kappa shape index (κ1) is 11.5. The van der Waals surface area contributed by atoms with Crippen molar-refractivity contribution in [1.29, 1.82) is 0 Å². The van der Waals surface area contributed by atoms with Crippen molar-refractivity contribution in [3.63, 3.8) is 0 Å². The van der Waals surface area contributed by atoms with Gasteiger partial charge in [-0.25, -0.2) is 4.39 Å². The van der Waals surface area contributed by atoms with Crippen molar-refractivity contribution in [2.24, 2.45) is 0 Å². The normalized spacial score (nSPS) is 11.5. The van der Waals surface area contributed by atoms with E-state index in [-0.39, 0.29) is 0 Å². The molecule has 1 rings (SSSR count). The maximum Gasteiger partial charge on any atom is 0.422 e. The van der Waals surface area contributed by atoms with Crippen molar-refractivity contribution < 1.29 is 26.7 Å². The van der Waals surface area contributed by atoms with E-state index in [9.17, 15) is 22.0 Å². The summed E-state index contributed by atoms with van der Waals surface area (Å²) in [6.45, 7) is -1.72. The Labute approximate surface area is 81.4 Å². The summed E-state index contributed by atoms with van der Waals surface area (Å²) in [5.41, 5.74) is 4.73. The summed E-state index contributed by atoms with van der Waals surface area (Å²) in [5.74, 6) is -3.77. The van der Waals surface area contributed by atoms with Crippen LogP contribution in [0.4, 0.5) is 27.6 Å². The summed E-state index contributed by atoms with van der Waals surface area (Å²) in [5, 5.41) is 0. The van der Waals surface area contributed by atoms with Gasteiger partial charge in [-0.15, -0.1) is 0 Å². The molecular formula is C8H6F5NO. The third kappa shape index (κ3) is 2.97. The van der Waals surface area contributed by atoms with Gasteiger partial charge in [0, 0.05) is 0 Å². The van der Waals surface area contributed by atoms with Crippen LogP contribution in [-0.2, 0) is 0 Å². The van der Waals surface area contributed by atoms with Crippen molar-refractivity contribution in [2.45, 2.75) is 6.18 Å². The molecule has 0 aliphatic rings. The van der Waals surface area contributed by atoms with Crippen LogP contribution >= 0.6 is 0 Å². The van der Waals surface area contributed by atoms with E-state index >= 15 is 0 Å². The SMILES string of the molecule is Nc1ccc(F)c(F)c1OCC(F)(F)F. The van der Waals surface area contributed by atoms with E-state index < -0.39 is 35.9 Å². The van der Waals surface area contributed by atoms with Crippen molar-refractivity contribution in [3.05, 3.63) is 23.8 Å². The van der Waals surface area contributed by atoms with Gasteiger partial charge in [-0.3, -0.25) is 0 Å². The zero-order chi connectivity index (χ0) is 11.6. The molecule has 0 amide bonds. The lowest BCUT2D eigenvalue weighted by Crippen LogP contribution is -2.20. The van der Waals surface area contributed by atoms with Gasteiger partial charge in [0.2, 0.25) is 5.82 Å². The first-order chi connectivity index (χ1) is 6.81. The third-order valence-corrected chi connectivity index (χ3v) is 1.46. The van der Waals surface area contributed by atoms with E-state index in [1.54, 1.807) is 0 Å². The lowest BCUT2D eigenvalue weighted by Gasteiger charge is -2.11. The van der Waals surface area contributed by atoms with Crippen molar-refractivity contribution in [2.75, 3.05) is 12.3 Å². The number of alkyl halides is 3. The molecule has 2 N–H and O–H groups in total. The highest BCUT2D eigenvalue weighted by Crippen LogP contribution is 2.28. The first-order valence-electron chi connectivity index (χ1n) is 3.74. The molecule has 0 aliphatic carbocycles. The van der Waals surface area contributed by atoms with Gasteiger partial charge in [-0.05, 0) is 12.1 Å². The number of anilines is 1. The summed E-state index contributed by atoms with van der Waals surface area (Å²) in [6, 6.07) is 1.62. The van der Waals surface area contributed by atoms with Gasteiger partial charge in [0.1, 0.15) is 0 Å². The second-order valence-corrected chi connectivity index (χ2v) is 2.68. The quantitative estimate of drug-likeness (QED) is 0.622. The maximum atomic E-state index is 12.9. The second-order valence-electron chi connectivity index (χ2n) is 2.68. The van der Waals surface area contributed by atoms with E-state index in [0.717, 1.165) is 6.07 Å². The average molecular weight is 227 g/mol. The molecule has 0 radical (unpaired) electrons. The van der Waals surface area contributed by atoms with Crippen LogP contribution in [0.3, 0.4) is 0 Å². The van der Waals surface area contributed by atoms with Crippen LogP contribution < -0.4 is 10.5 Å². The number of hydrogen-bond acceptors (Lipinski definition) is 2. The lowest BCUT2D eigenvalue weighted by molar-refractivity contribution is -0.153. The highest BCUT2D eigenvalue weighted by Gasteiger charge is 2.29. The highest BCUT2D eigenvalue weighted by atomic mass is 19.4. The number of nitrogen functional groups attached to an aromatic ring is 1. The van der Waals surface area contributed by atoms with E-state index in [4.69, 9.17) is 5.73 Å². The monoisotopic (exact) mass is 227 g/mol. The highest BCUT2D eigenvalue weighted by molar-refractivity contribution is 5.53. The molecule has 0 unspecified atom stereocenters. The van der Waals surface area contributed by atoms with E-state index in [2.05, 4.69) is 4.74 Å². The first-order valence-corrected chi connectivity index (χ1v) is 3.74. The zero-order valence-electron chi connectivity index (χ0n) is 7.24. The van der Waals surface area contributed by atoms with Gasteiger partial charge in [0.25, 0.3) is 0 Å². The Morgan fingerprint density at radius 2 is 1.80 bits per heavy atom. The van der Waals surface area contributed by atoms with E-state index in [1.165, 1.54) is 0 Å². The Morgan fingerprint density at radius 1 is 1.20 bits per heavy atom. The van der Waals surface area contributed by atoms with Gasteiger partial charge in [0.05, 0.1) is 5.69 Å². The molecule has 15 heavy (non-hydrogen) atoms. The lowest BCUT2D eigenvalue weighted by atomic mass is 10.3. The van der Waals surface area contributed by atoms with Crippen molar-refractivity contribution in [3.8, 4) is 5.75 Å². The number of benzene rings is 1. The maximum absolute atomic E-state index is 12.9. The van der Waals surface area contributed by atoms with Crippen LogP contribution in [0.15, 0.2) is 12.1 Å². The molecule has 0 saturated heterocycles. The summed E-state index contributed by atoms with van der Waals surface area (Å²) < 4.78 is 64.7. The van der Waals surface area contributed by atoms with Crippen LogP contribution in [0, 0.1) is 11.6 Å². The molecule has 0 bridgehead atoms. The predicted octanol–water partition coefficient (Wildman–Crippen LogP) is 2.49. The molecule has 0 aliphatic heterocycles. The van der Waals surface area contributed by atoms with Crippen LogP contribution in [0.2, 0.25) is 0 Å². The fourth-order valence-electron chi connectivity index (χ4n) is 0.848. The molecule has 0 atom stereocenters. The minimum atomic E-state index is -4.63. The second kappa shape index (κ2) is 3.92. The topological polar surface area (TPSA) is 35.2 Å². The summed E-state index contributed by atoms with van der Waals surface area (Å²) in [6.07, 6.45) is -4.63. The summed E-state index contributed by atoms with van der Waals surface area (Å²) >= 11 is 0. The Balaban J connectivity index is 2.90. The average Bonchev–Trinajstić information content (AvgIpc) is 2.10. The smallest absolute Gasteiger partial charge is 0.422 e. The van der Waals surface area contributed by atoms with Gasteiger partial charge in [-0.2, -0.15) is 17.6 Å². The Hall–Kier alpha value is -1.53. The molecule has 7 heteroatoms. The molecule has 2 nitrogen and oxygen atoms in total. The van der Waals surface area contributed by atoms with E-state index in [0.29, 0.717) is 6.07 Å². The molecular weight excluding hydrogens is 221 g/mol. The third-order valence-electron chi connectivity index (χ3n) is 1.46. The fourth-order valence-corrected chi connectivity index (χ4v) is 0.848. The number of hydrogen-bond donors (Lipinski definition) is 1. The Kier molecular flexibility index (Phi) is 3.01. The predicted molar refractivity (Wildman–Crippen MR) is 42.3 cm³/mol. The van der Waals surface area contributed by atoms with Gasteiger partial charge >= 0.3 is 6.18 Å². The molecule has 1 aromatic rings. The Bertz CT molecular complexity index is 363. The van der Waals surface area contributed by atoms with Gasteiger partial charge < -0.3 is 10.5 Å². The van der Waals surface area contributed by atoms with Gasteiger partial charge in [0.15, 0.2) is 18.2 Å². The van der Waals surface area contributed by atoms with Crippen LogP contribution in [0.1, 0.15) is 0 Å². The Morgan fingerprint density at radius 3 is 2.33 bits per heavy atom. The molecule has 0 fully saturated rings. The zero-order valence-corrected chi connectivity index (χ0v) is 7.24. The van der Waals surface area contributed by atoms with Crippen LogP contribution in [0.5, 0.6) is 5.75 Å². The molecule has 0 heterocycles. The fraction of sp³-hybridized carbons (Fsp3) is 0.250. The summed E-state index contributed by atoms with van der Waals surface area (Å²) in [4.78, 5) is 0. The standard InChI is InChI=1S/C8H6F5NO/c9-4-1-2-5(14)7(6(4)10)15-3-8(11,12)13/h1-2H,3,14H2. The minimum absolute atomic E-state index is 0.391. The number of ether oxygens (including phenoxy) is 1. The van der Waals surface area contributed by atoms with Crippen LogP contribution in [0.25, 0.3) is 0 Å². The number of rotatable bonds is 2. The van der Waals surface area contributed by atoms with E-state index in [1.807, 2.05) is 0 Å². The van der Waals surface area contributed by atoms with Gasteiger partial charge in [-0.1, -0.05) is 0 Å². The number of halogens is 5. The van der Waals surface area contributed by atoms with Crippen molar-refractivity contribution in [1.82, 2.24) is 0 Å². The van der Waals surface area contributed by atoms with Crippen LogP contribution in [-0.4, -0.2) is 12.8 Å². The number of nitrogens with two attached hydrogens (primary N) is 1. The molecule has 1 aromatic carbocycles. The molecule has 0 saturated carbocycles. The summed E-state index contributed by atoms with van der Waals surface area (Å²) in [7, 11) is 0. The largest absolute Gasteiger partial charge is 0.479 e. The van der Waals surface area contributed by atoms with Crippen molar-refractivity contribution >= 4 is 5.69 Å². The molecule has 0 aromatic heterocycles. The minimum Gasteiger partial charge on any atom is -0.479 e.